The molecule has 0 spiro atoms. The van der Waals surface area contributed by atoms with E-state index < -0.39 is 0 Å². The molecule has 2 heterocycles. The van der Waals surface area contributed by atoms with Gasteiger partial charge in [-0.05, 0) is 23.8 Å². The molecule has 18 heavy (non-hydrogen) atoms. The number of hydrogen-bond acceptors (Lipinski definition) is 4. The highest BCUT2D eigenvalue weighted by Gasteiger charge is 2.28. The van der Waals surface area contributed by atoms with Crippen LogP contribution in [-0.2, 0) is 0 Å². The van der Waals surface area contributed by atoms with Crippen molar-refractivity contribution < 1.29 is 5.11 Å². The Morgan fingerprint density at radius 3 is 2.89 bits per heavy atom. The minimum atomic E-state index is 0.384. The second kappa shape index (κ2) is 4.78. The van der Waals surface area contributed by atoms with Crippen LogP contribution in [0.15, 0.2) is 18.2 Å². The first-order chi connectivity index (χ1) is 8.74. The Bertz CT molecular complexity index is 429. The number of fused-ring (bicyclic) bond motifs is 1. The third-order valence-electron chi connectivity index (χ3n) is 4.04. The zero-order valence-corrected chi connectivity index (χ0v) is 10.9. The Morgan fingerprint density at radius 2 is 2.11 bits per heavy atom. The van der Waals surface area contributed by atoms with Crippen LogP contribution < -0.4 is 10.2 Å². The number of nitrogens with one attached hydrogen (secondary N) is 1. The van der Waals surface area contributed by atoms with E-state index in [0.29, 0.717) is 11.7 Å². The van der Waals surface area contributed by atoms with Gasteiger partial charge in [0.25, 0.3) is 0 Å². The predicted octanol–water partition coefficient (Wildman–Crippen LogP) is 0.831. The molecule has 0 bridgehead atoms. The van der Waals surface area contributed by atoms with Crippen molar-refractivity contribution in [2.75, 3.05) is 51.2 Å². The molecule has 1 atom stereocenters. The average Bonchev–Trinajstić information content (AvgIpc) is 2.67. The van der Waals surface area contributed by atoms with Crippen molar-refractivity contribution in [2.45, 2.75) is 5.92 Å². The number of phenols is 1. The lowest BCUT2D eigenvalue weighted by molar-refractivity contribution is 0.229. The van der Waals surface area contributed by atoms with E-state index in [2.05, 4.69) is 22.2 Å². The molecule has 0 aliphatic carbocycles. The van der Waals surface area contributed by atoms with E-state index in [1.54, 1.807) is 6.07 Å². The Hall–Kier alpha value is -1.26. The fourth-order valence-electron chi connectivity index (χ4n) is 3.11. The normalized spacial score (nSPS) is 24.3. The van der Waals surface area contributed by atoms with Gasteiger partial charge in [-0.15, -0.1) is 0 Å². The number of piperazine rings is 1. The topological polar surface area (TPSA) is 38.7 Å². The maximum atomic E-state index is 9.66. The number of aromatic hydroxyl groups is 1. The molecule has 4 nitrogen and oxygen atoms in total. The Kier molecular flexibility index (Phi) is 3.14. The van der Waals surface area contributed by atoms with Gasteiger partial charge in [0, 0.05) is 57.9 Å². The second-order valence-electron chi connectivity index (χ2n) is 5.37. The fraction of sp³-hybridized carbons (Fsp3) is 0.571. The minimum Gasteiger partial charge on any atom is -0.508 e. The smallest absolute Gasteiger partial charge is 0.116 e. The van der Waals surface area contributed by atoms with Crippen LogP contribution in [0.5, 0.6) is 5.75 Å². The van der Waals surface area contributed by atoms with Gasteiger partial charge in [0.1, 0.15) is 5.75 Å². The van der Waals surface area contributed by atoms with Crippen LogP contribution in [0.1, 0.15) is 11.5 Å². The molecule has 0 amide bonds. The van der Waals surface area contributed by atoms with Gasteiger partial charge < -0.3 is 20.2 Å². The summed E-state index contributed by atoms with van der Waals surface area (Å²) in [6, 6.07) is 5.75. The van der Waals surface area contributed by atoms with Crippen LogP contribution in [0.2, 0.25) is 0 Å². The van der Waals surface area contributed by atoms with Gasteiger partial charge >= 0.3 is 0 Å². The molecule has 2 aliphatic heterocycles. The molecule has 0 radical (unpaired) electrons. The quantitative estimate of drug-likeness (QED) is 0.812. The van der Waals surface area contributed by atoms with Gasteiger partial charge in [-0.25, -0.2) is 0 Å². The van der Waals surface area contributed by atoms with Crippen molar-refractivity contribution in [3.63, 3.8) is 0 Å². The summed E-state index contributed by atoms with van der Waals surface area (Å²) in [5.41, 5.74) is 2.57. The molecule has 3 rings (SSSR count). The summed E-state index contributed by atoms with van der Waals surface area (Å²) in [5, 5.41) is 13.0. The molecule has 1 aromatic rings. The van der Waals surface area contributed by atoms with Crippen LogP contribution in [-0.4, -0.2) is 56.3 Å². The van der Waals surface area contributed by atoms with E-state index in [0.717, 1.165) is 39.3 Å². The minimum absolute atomic E-state index is 0.384. The number of phenolic OH excluding ortho intramolecular Hbond substituents is 1. The van der Waals surface area contributed by atoms with E-state index in [9.17, 15) is 5.11 Å². The zero-order chi connectivity index (χ0) is 12.5. The number of benzene rings is 1. The van der Waals surface area contributed by atoms with Crippen molar-refractivity contribution in [3.8, 4) is 5.75 Å². The third kappa shape index (κ3) is 2.18. The van der Waals surface area contributed by atoms with Gasteiger partial charge in [0.05, 0.1) is 0 Å². The Balaban J connectivity index is 1.76. The van der Waals surface area contributed by atoms with Crippen molar-refractivity contribution in [3.05, 3.63) is 23.8 Å². The number of hydrogen-bond donors (Lipinski definition) is 2. The number of likely N-dealkylation sites (N-methyl/N-ethyl adjacent to an activating group) is 1. The summed E-state index contributed by atoms with van der Waals surface area (Å²) in [7, 11) is 2.13. The average molecular weight is 247 g/mol. The van der Waals surface area contributed by atoms with Crippen LogP contribution in [0.25, 0.3) is 0 Å². The first-order valence-corrected chi connectivity index (χ1v) is 6.71. The highest BCUT2D eigenvalue weighted by atomic mass is 16.3. The van der Waals surface area contributed by atoms with E-state index in [4.69, 9.17) is 0 Å². The standard InChI is InChI=1S/C14H21N3O/c1-16-9-11(10-17-6-4-15-5-7-17)13-8-12(18)2-3-14(13)16/h2-3,8,11,15,18H,4-7,9-10H2,1H3. The van der Waals surface area contributed by atoms with Gasteiger partial charge in [0.15, 0.2) is 0 Å². The molecule has 1 unspecified atom stereocenters. The molecular weight excluding hydrogens is 226 g/mol. The summed E-state index contributed by atoms with van der Waals surface area (Å²) in [5.74, 6) is 0.907. The lowest BCUT2D eigenvalue weighted by Crippen LogP contribution is -2.45. The van der Waals surface area contributed by atoms with Crippen molar-refractivity contribution in [1.29, 1.82) is 0 Å². The molecule has 2 aliphatic rings. The lowest BCUT2D eigenvalue weighted by atomic mass is 10.00. The summed E-state index contributed by atoms with van der Waals surface area (Å²) in [6.07, 6.45) is 0. The van der Waals surface area contributed by atoms with Crippen molar-refractivity contribution >= 4 is 5.69 Å². The van der Waals surface area contributed by atoms with Crippen LogP contribution >= 0.6 is 0 Å². The van der Waals surface area contributed by atoms with E-state index in [1.807, 2.05) is 12.1 Å². The zero-order valence-electron chi connectivity index (χ0n) is 10.9. The maximum absolute atomic E-state index is 9.66. The molecule has 2 N–H and O–H groups in total. The molecular formula is C14H21N3O. The lowest BCUT2D eigenvalue weighted by Gasteiger charge is -2.29. The maximum Gasteiger partial charge on any atom is 0.116 e. The summed E-state index contributed by atoms with van der Waals surface area (Å²) < 4.78 is 0. The number of rotatable bonds is 2. The van der Waals surface area contributed by atoms with Crippen LogP contribution in [0.4, 0.5) is 5.69 Å². The molecule has 1 saturated heterocycles. The Labute approximate surface area is 108 Å². The van der Waals surface area contributed by atoms with Gasteiger partial charge in [-0.3, -0.25) is 0 Å². The van der Waals surface area contributed by atoms with E-state index in [1.165, 1.54) is 11.3 Å². The third-order valence-corrected chi connectivity index (χ3v) is 4.04. The number of anilines is 1. The van der Waals surface area contributed by atoms with Gasteiger partial charge in [-0.1, -0.05) is 0 Å². The van der Waals surface area contributed by atoms with Gasteiger partial charge in [-0.2, -0.15) is 0 Å². The first-order valence-electron chi connectivity index (χ1n) is 6.71. The van der Waals surface area contributed by atoms with Crippen molar-refractivity contribution in [2.24, 2.45) is 0 Å². The highest BCUT2D eigenvalue weighted by molar-refractivity contribution is 5.61. The van der Waals surface area contributed by atoms with Crippen LogP contribution in [0.3, 0.4) is 0 Å². The van der Waals surface area contributed by atoms with Gasteiger partial charge in [0.2, 0.25) is 0 Å². The molecule has 4 heteroatoms. The monoisotopic (exact) mass is 247 g/mol. The SMILES string of the molecule is CN1CC(CN2CCNCC2)c2cc(O)ccc21. The summed E-state index contributed by atoms with van der Waals surface area (Å²) >= 11 is 0. The fourth-order valence-corrected chi connectivity index (χ4v) is 3.11. The largest absolute Gasteiger partial charge is 0.508 e. The summed E-state index contributed by atoms with van der Waals surface area (Å²) in [6.45, 7) is 6.61. The van der Waals surface area contributed by atoms with Crippen LogP contribution in [0, 0.1) is 0 Å². The number of nitrogens with zero attached hydrogens (tertiary/aromatic N) is 2. The second-order valence-corrected chi connectivity index (χ2v) is 5.37. The first kappa shape index (κ1) is 11.8. The van der Waals surface area contributed by atoms with E-state index in [-0.39, 0.29) is 0 Å². The predicted molar refractivity (Wildman–Crippen MR) is 73.4 cm³/mol. The molecule has 1 aromatic carbocycles. The molecule has 0 aromatic heterocycles. The molecule has 1 fully saturated rings. The molecule has 98 valence electrons. The highest BCUT2D eigenvalue weighted by Crippen LogP contribution is 2.37. The summed E-state index contributed by atoms with van der Waals surface area (Å²) in [4.78, 5) is 4.82. The Morgan fingerprint density at radius 1 is 1.33 bits per heavy atom. The molecule has 0 saturated carbocycles. The van der Waals surface area contributed by atoms with E-state index >= 15 is 0 Å². The van der Waals surface area contributed by atoms with Crippen molar-refractivity contribution in [1.82, 2.24) is 10.2 Å².